The van der Waals surface area contributed by atoms with Gasteiger partial charge in [0.2, 0.25) is 0 Å². The lowest BCUT2D eigenvalue weighted by atomic mass is 10.1. The molecule has 3 unspecified atom stereocenters. The average molecular weight is 530 g/mol. The monoisotopic (exact) mass is 529 g/mol. The Hall–Kier alpha value is -0.900. The molecule has 0 aromatic heterocycles. The zero-order valence-corrected chi connectivity index (χ0v) is 21.2. The maximum Gasteiger partial charge on any atom is 0.191 e. The molecule has 170 valence electrons. The lowest BCUT2D eigenvalue weighted by Gasteiger charge is -2.35. The summed E-state index contributed by atoms with van der Waals surface area (Å²) in [5.41, 5.74) is 1.38. The van der Waals surface area contributed by atoms with Crippen LogP contribution in [0.4, 0.5) is 0 Å². The van der Waals surface area contributed by atoms with Gasteiger partial charge in [-0.25, -0.2) is 0 Å². The maximum absolute atomic E-state index is 5.82. The van der Waals surface area contributed by atoms with Crippen molar-refractivity contribution in [2.75, 3.05) is 52.9 Å². The first-order chi connectivity index (χ1) is 14.2. The highest BCUT2D eigenvalue weighted by molar-refractivity contribution is 14.0. The minimum atomic E-state index is 0. The predicted molar refractivity (Wildman–Crippen MR) is 136 cm³/mol. The molecule has 0 spiro atoms. The lowest BCUT2D eigenvalue weighted by Crippen LogP contribution is -2.46. The first-order valence-electron chi connectivity index (χ1n) is 11.3. The topological polar surface area (TPSA) is 52.1 Å². The van der Waals surface area contributed by atoms with Crippen molar-refractivity contribution in [3.63, 3.8) is 0 Å². The van der Waals surface area contributed by atoms with Crippen molar-refractivity contribution in [1.82, 2.24) is 20.4 Å². The van der Waals surface area contributed by atoms with Crippen molar-refractivity contribution in [3.05, 3.63) is 35.9 Å². The minimum Gasteiger partial charge on any atom is -0.373 e. The summed E-state index contributed by atoms with van der Waals surface area (Å²) in [7, 11) is 1.86. The lowest BCUT2D eigenvalue weighted by molar-refractivity contribution is -0.0679. The van der Waals surface area contributed by atoms with Crippen LogP contribution in [0.2, 0.25) is 0 Å². The number of ether oxygens (including phenoxy) is 1. The van der Waals surface area contributed by atoms with E-state index in [9.17, 15) is 0 Å². The van der Waals surface area contributed by atoms with E-state index in [1.54, 1.807) is 0 Å². The summed E-state index contributed by atoms with van der Waals surface area (Å²) in [6.07, 6.45) is 4.38. The summed E-state index contributed by atoms with van der Waals surface area (Å²) in [6, 6.07) is 11.2. The molecule has 1 aromatic carbocycles. The SMILES string of the molecule is CN=C(NCCCN1CC(C)OC(C)C1)NCC(c1ccccc1)N1CCCC1.I. The molecule has 3 rings (SSSR count). The van der Waals surface area contributed by atoms with E-state index >= 15 is 0 Å². The Kier molecular flexibility index (Phi) is 11.4. The van der Waals surface area contributed by atoms with Gasteiger partial charge in [0.25, 0.3) is 0 Å². The van der Waals surface area contributed by atoms with Gasteiger partial charge in [-0.3, -0.25) is 14.8 Å². The van der Waals surface area contributed by atoms with E-state index in [1.807, 2.05) is 7.05 Å². The van der Waals surface area contributed by atoms with E-state index < -0.39 is 0 Å². The third kappa shape index (κ3) is 7.98. The van der Waals surface area contributed by atoms with Crippen molar-refractivity contribution < 1.29 is 4.74 Å². The number of benzene rings is 1. The van der Waals surface area contributed by atoms with E-state index in [-0.39, 0.29) is 24.0 Å². The smallest absolute Gasteiger partial charge is 0.191 e. The van der Waals surface area contributed by atoms with Crippen LogP contribution in [0.5, 0.6) is 0 Å². The van der Waals surface area contributed by atoms with Crippen LogP contribution in [-0.2, 0) is 4.74 Å². The summed E-state index contributed by atoms with van der Waals surface area (Å²) in [5, 5.41) is 7.05. The highest BCUT2D eigenvalue weighted by Gasteiger charge is 2.24. The number of morpholine rings is 1. The van der Waals surface area contributed by atoms with Crippen LogP contribution >= 0.6 is 24.0 Å². The number of nitrogens with zero attached hydrogens (tertiary/aromatic N) is 3. The molecule has 2 N–H and O–H groups in total. The van der Waals surface area contributed by atoms with Crippen LogP contribution < -0.4 is 10.6 Å². The molecule has 2 saturated heterocycles. The highest BCUT2D eigenvalue weighted by Crippen LogP contribution is 2.24. The fraction of sp³-hybridized carbons (Fsp3) is 0.696. The van der Waals surface area contributed by atoms with E-state index in [0.29, 0.717) is 18.2 Å². The zero-order valence-electron chi connectivity index (χ0n) is 18.8. The first kappa shape index (κ1) is 25.4. The van der Waals surface area contributed by atoms with Crippen molar-refractivity contribution in [3.8, 4) is 0 Å². The number of rotatable bonds is 8. The molecule has 0 saturated carbocycles. The van der Waals surface area contributed by atoms with Crippen LogP contribution in [0.15, 0.2) is 35.3 Å². The van der Waals surface area contributed by atoms with Gasteiger partial charge in [0.1, 0.15) is 0 Å². The number of hydrogen-bond acceptors (Lipinski definition) is 4. The summed E-state index contributed by atoms with van der Waals surface area (Å²) in [5.74, 6) is 0.897. The third-order valence-electron chi connectivity index (χ3n) is 5.89. The van der Waals surface area contributed by atoms with Gasteiger partial charge in [-0.15, -0.1) is 24.0 Å². The van der Waals surface area contributed by atoms with Crippen molar-refractivity contribution >= 4 is 29.9 Å². The normalized spacial score (nSPS) is 24.3. The molecule has 1 aromatic rings. The van der Waals surface area contributed by atoms with E-state index in [1.165, 1.54) is 31.5 Å². The molecule has 2 aliphatic heterocycles. The highest BCUT2D eigenvalue weighted by atomic mass is 127. The van der Waals surface area contributed by atoms with Gasteiger partial charge in [0.05, 0.1) is 18.2 Å². The van der Waals surface area contributed by atoms with Crippen molar-refractivity contribution in [2.45, 2.75) is 51.4 Å². The quantitative estimate of drug-likeness (QED) is 0.235. The second-order valence-corrected chi connectivity index (χ2v) is 8.42. The van der Waals surface area contributed by atoms with Crippen molar-refractivity contribution in [2.24, 2.45) is 4.99 Å². The van der Waals surface area contributed by atoms with Gasteiger partial charge in [-0.2, -0.15) is 0 Å². The summed E-state index contributed by atoms with van der Waals surface area (Å²) >= 11 is 0. The summed E-state index contributed by atoms with van der Waals surface area (Å²) in [4.78, 5) is 9.53. The Balaban J connectivity index is 0.00000320. The molecule has 0 aliphatic carbocycles. The number of hydrogen-bond donors (Lipinski definition) is 2. The molecular weight excluding hydrogens is 489 g/mol. The third-order valence-corrected chi connectivity index (χ3v) is 5.89. The Morgan fingerprint density at radius 3 is 2.40 bits per heavy atom. The Morgan fingerprint density at radius 2 is 1.77 bits per heavy atom. The Morgan fingerprint density at radius 1 is 1.10 bits per heavy atom. The van der Waals surface area contributed by atoms with Crippen LogP contribution in [0.25, 0.3) is 0 Å². The second-order valence-electron chi connectivity index (χ2n) is 8.42. The number of nitrogens with one attached hydrogen (secondary N) is 2. The van der Waals surface area contributed by atoms with E-state index in [0.717, 1.165) is 45.1 Å². The molecule has 0 amide bonds. The molecule has 7 heteroatoms. The van der Waals surface area contributed by atoms with Crippen LogP contribution in [0, 0.1) is 0 Å². The Bertz CT molecular complexity index is 613. The standard InChI is InChI=1S/C23H39N5O.HI/c1-19-17-27(18-20(2)29-19)13-9-12-25-23(24-3)26-16-22(28-14-7-8-15-28)21-10-5-4-6-11-21;/h4-6,10-11,19-20,22H,7-9,12-18H2,1-3H3,(H2,24,25,26);1H. The molecular formula is C23H40IN5O. The summed E-state index contributed by atoms with van der Waals surface area (Å²) in [6.45, 7) is 11.7. The molecule has 3 atom stereocenters. The van der Waals surface area contributed by atoms with Crippen LogP contribution in [-0.4, -0.2) is 80.8 Å². The molecule has 0 bridgehead atoms. The van der Waals surface area contributed by atoms with Gasteiger partial charge in [-0.1, -0.05) is 30.3 Å². The number of halogens is 1. The first-order valence-corrected chi connectivity index (χ1v) is 11.3. The minimum absolute atomic E-state index is 0. The van der Waals surface area contributed by atoms with Crippen LogP contribution in [0.3, 0.4) is 0 Å². The number of aliphatic imine (C=N–C) groups is 1. The van der Waals surface area contributed by atoms with Gasteiger partial charge >= 0.3 is 0 Å². The largest absolute Gasteiger partial charge is 0.373 e. The zero-order chi connectivity index (χ0) is 20.5. The second kappa shape index (κ2) is 13.5. The van der Waals surface area contributed by atoms with Gasteiger partial charge < -0.3 is 15.4 Å². The molecule has 2 fully saturated rings. The van der Waals surface area contributed by atoms with E-state index in [4.69, 9.17) is 4.74 Å². The fourth-order valence-corrected chi connectivity index (χ4v) is 4.58. The van der Waals surface area contributed by atoms with Crippen molar-refractivity contribution in [1.29, 1.82) is 0 Å². The molecule has 30 heavy (non-hydrogen) atoms. The average Bonchev–Trinajstić information content (AvgIpc) is 3.24. The molecule has 0 radical (unpaired) electrons. The predicted octanol–water partition coefficient (Wildman–Crippen LogP) is 3.11. The fourth-order valence-electron chi connectivity index (χ4n) is 4.58. The molecule has 6 nitrogen and oxygen atoms in total. The number of likely N-dealkylation sites (tertiary alicyclic amines) is 1. The molecule has 2 heterocycles. The number of guanidine groups is 1. The maximum atomic E-state index is 5.82. The van der Waals surface area contributed by atoms with Gasteiger partial charge in [0.15, 0.2) is 5.96 Å². The van der Waals surface area contributed by atoms with Gasteiger partial charge in [-0.05, 0) is 51.8 Å². The van der Waals surface area contributed by atoms with E-state index in [2.05, 4.69) is 69.6 Å². The van der Waals surface area contributed by atoms with Crippen LogP contribution in [0.1, 0.15) is 44.7 Å². The Labute approximate surface area is 199 Å². The molecule has 2 aliphatic rings. The summed E-state index contributed by atoms with van der Waals surface area (Å²) < 4.78 is 5.82. The van der Waals surface area contributed by atoms with Gasteiger partial charge in [0, 0.05) is 39.8 Å².